The van der Waals surface area contributed by atoms with Gasteiger partial charge in [0.2, 0.25) is 5.91 Å². The molecule has 0 saturated carbocycles. The molecule has 0 bridgehead atoms. The number of carbonyl (C=O) groups is 1. The molecule has 2 saturated heterocycles. The van der Waals surface area contributed by atoms with Crippen LogP contribution in [-0.2, 0) is 11.3 Å². The van der Waals surface area contributed by atoms with E-state index in [1.54, 1.807) is 0 Å². The third-order valence-electron chi connectivity index (χ3n) is 5.81. The molecule has 0 aromatic heterocycles. The van der Waals surface area contributed by atoms with Gasteiger partial charge in [-0.15, -0.1) is 0 Å². The van der Waals surface area contributed by atoms with Crippen molar-refractivity contribution in [3.05, 3.63) is 35.9 Å². The first-order valence-electron chi connectivity index (χ1n) is 9.48. The van der Waals surface area contributed by atoms with Gasteiger partial charge in [0.05, 0.1) is 5.41 Å². The predicted molar refractivity (Wildman–Crippen MR) is 99.1 cm³/mol. The summed E-state index contributed by atoms with van der Waals surface area (Å²) in [7, 11) is 2.13. The van der Waals surface area contributed by atoms with Crippen molar-refractivity contribution in [3.63, 3.8) is 0 Å². The van der Waals surface area contributed by atoms with Gasteiger partial charge in [0.15, 0.2) is 0 Å². The Hall–Kier alpha value is -1.43. The molecule has 2 aliphatic heterocycles. The molecule has 0 radical (unpaired) electrons. The summed E-state index contributed by atoms with van der Waals surface area (Å²) in [5.41, 5.74) is 0.838. The number of carbonyl (C=O) groups excluding carboxylic acids is 1. The largest absolute Gasteiger partial charge is 0.396 e. The quantitative estimate of drug-likeness (QED) is 0.820. The van der Waals surface area contributed by atoms with Crippen LogP contribution in [0, 0.1) is 5.41 Å². The summed E-state index contributed by atoms with van der Waals surface area (Å²) in [4.78, 5) is 17.7. The van der Waals surface area contributed by atoms with Crippen molar-refractivity contribution in [2.24, 2.45) is 5.41 Å². The summed E-state index contributed by atoms with van der Waals surface area (Å²) < 4.78 is 0. The minimum absolute atomic E-state index is 0.0694. The molecular weight excluding hydrogens is 314 g/mol. The number of piperidine rings is 1. The minimum atomic E-state index is -0.438. The van der Waals surface area contributed by atoms with Crippen molar-refractivity contribution >= 4 is 5.91 Å². The van der Waals surface area contributed by atoms with Crippen LogP contribution in [0.3, 0.4) is 0 Å². The van der Waals surface area contributed by atoms with Gasteiger partial charge in [-0.2, -0.15) is 0 Å². The summed E-state index contributed by atoms with van der Waals surface area (Å²) in [5.74, 6) is 0.145. The zero-order valence-corrected chi connectivity index (χ0v) is 15.3. The van der Waals surface area contributed by atoms with E-state index in [0.717, 1.165) is 52.0 Å². The lowest BCUT2D eigenvalue weighted by Crippen LogP contribution is -2.50. The van der Waals surface area contributed by atoms with E-state index in [9.17, 15) is 9.90 Å². The fraction of sp³-hybridized carbons (Fsp3) is 0.650. The van der Waals surface area contributed by atoms with E-state index in [1.807, 2.05) is 6.07 Å². The Bertz CT molecular complexity index is 557. The monoisotopic (exact) mass is 345 g/mol. The fourth-order valence-corrected chi connectivity index (χ4v) is 4.14. The molecule has 2 N–H and O–H groups in total. The highest BCUT2D eigenvalue weighted by Gasteiger charge is 2.44. The third kappa shape index (κ3) is 4.60. The SMILES string of the molecule is CN1CCC(NC(=O)C2(CCO)CCN(Cc3ccccc3)C2)CC1. The molecular formula is C20H31N3O2. The van der Waals surface area contributed by atoms with Crippen molar-refractivity contribution < 1.29 is 9.90 Å². The number of aliphatic hydroxyl groups excluding tert-OH is 1. The second-order valence-electron chi connectivity index (χ2n) is 7.75. The highest BCUT2D eigenvalue weighted by Crippen LogP contribution is 2.35. The Balaban J connectivity index is 1.60. The Kier molecular flexibility index (Phi) is 6.10. The maximum Gasteiger partial charge on any atom is 0.227 e. The van der Waals surface area contributed by atoms with E-state index in [1.165, 1.54) is 5.56 Å². The molecule has 5 nitrogen and oxygen atoms in total. The first kappa shape index (κ1) is 18.4. The summed E-state index contributed by atoms with van der Waals surface area (Å²) in [6.07, 6.45) is 3.42. The third-order valence-corrected chi connectivity index (χ3v) is 5.81. The summed E-state index contributed by atoms with van der Waals surface area (Å²) in [5, 5.41) is 12.8. The van der Waals surface area contributed by atoms with E-state index >= 15 is 0 Å². The zero-order chi connectivity index (χ0) is 17.7. The molecule has 1 amide bonds. The predicted octanol–water partition coefficient (Wildman–Crippen LogP) is 1.47. The zero-order valence-electron chi connectivity index (χ0n) is 15.3. The highest BCUT2D eigenvalue weighted by atomic mass is 16.3. The van der Waals surface area contributed by atoms with Crippen molar-refractivity contribution in [2.75, 3.05) is 39.8 Å². The van der Waals surface area contributed by atoms with Gasteiger partial charge in [0.1, 0.15) is 0 Å². The molecule has 5 heteroatoms. The maximum atomic E-state index is 13.0. The van der Waals surface area contributed by atoms with Crippen LogP contribution in [0.2, 0.25) is 0 Å². The molecule has 2 fully saturated rings. The average Bonchev–Trinajstić information content (AvgIpc) is 3.02. The lowest BCUT2D eigenvalue weighted by molar-refractivity contribution is -0.132. The van der Waals surface area contributed by atoms with Gasteiger partial charge in [0, 0.05) is 25.7 Å². The molecule has 1 atom stereocenters. The number of hydrogen-bond acceptors (Lipinski definition) is 4. The molecule has 3 rings (SSSR count). The van der Waals surface area contributed by atoms with Crippen molar-refractivity contribution in [2.45, 2.75) is 38.3 Å². The van der Waals surface area contributed by atoms with Crippen LogP contribution in [0.5, 0.6) is 0 Å². The lowest BCUT2D eigenvalue weighted by Gasteiger charge is -2.34. The molecule has 0 aliphatic carbocycles. The lowest BCUT2D eigenvalue weighted by atomic mass is 9.82. The number of aliphatic hydroxyl groups is 1. The van der Waals surface area contributed by atoms with Gasteiger partial charge in [-0.1, -0.05) is 30.3 Å². The number of nitrogens with zero attached hydrogens (tertiary/aromatic N) is 2. The van der Waals surface area contributed by atoms with Crippen molar-refractivity contribution in [1.29, 1.82) is 0 Å². The Morgan fingerprint density at radius 3 is 2.64 bits per heavy atom. The molecule has 1 aromatic carbocycles. The molecule has 0 spiro atoms. The van der Waals surface area contributed by atoms with Gasteiger partial charge < -0.3 is 15.3 Å². The van der Waals surface area contributed by atoms with E-state index in [-0.39, 0.29) is 18.6 Å². The molecule has 138 valence electrons. The normalized spacial score (nSPS) is 26.0. The first-order chi connectivity index (χ1) is 12.1. The van der Waals surface area contributed by atoms with Crippen LogP contribution in [-0.4, -0.2) is 66.7 Å². The number of benzene rings is 1. The number of nitrogens with one attached hydrogen (secondary N) is 1. The van der Waals surface area contributed by atoms with Crippen LogP contribution >= 0.6 is 0 Å². The number of hydrogen-bond donors (Lipinski definition) is 2. The average molecular weight is 345 g/mol. The van der Waals surface area contributed by atoms with Crippen LogP contribution in [0.25, 0.3) is 0 Å². The molecule has 2 heterocycles. The molecule has 2 aliphatic rings. The first-order valence-corrected chi connectivity index (χ1v) is 9.48. The van der Waals surface area contributed by atoms with Crippen LogP contribution in [0.1, 0.15) is 31.2 Å². The molecule has 25 heavy (non-hydrogen) atoms. The maximum absolute atomic E-state index is 13.0. The van der Waals surface area contributed by atoms with E-state index in [0.29, 0.717) is 6.42 Å². The minimum Gasteiger partial charge on any atom is -0.396 e. The van der Waals surface area contributed by atoms with Crippen LogP contribution < -0.4 is 5.32 Å². The fourth-order valence-electron chi connectivity index (χ4n) is 4.14. The summed E-state index contributed by atoms with van der Waals surface area (Å²) in [6, 6.07) is 10.7. The van der Waals surface area contributed by atoms with Crippen molar-refractivity contribution in [1.82, 2.24) is 15.1 Å². The number of amides is 1. The number of likely N-dealkylation sites (tertiary alicyclic amines) is 2. The summed E-state index contributed by atoms with van der Waals surface area (Å²) >= 11 is 0. The highest BCUT2D eigenvalue weighted by molar-refractivity contribution is 5.83. The Morgan fingerprint density at radius 1 is 1.24 bits per heavy atom. The van der Waals surface area contributed by atoms with Gasteiger partial charge in [0.25, 0.3) is 0 Å². The van der Waals surface area contributed by atoms with E-state index in [4.69, 9.17) is 0 Å². The Labute approximate surface area is 151 Å². The molecule has 1 unspecified atom stereocenters. The topological polar surface area (TPSA) is 55.8 Å². The van der Waals surface area contributed by atoms with Gasteiger partial charge in [-0.05, 0) is 57.9 Å². The van der Waals surface area contributed by atoms with E-state index < -0.39 is 5.41 Å². The smallest absolute Gasteiger partial charge is 0.227 e. The second kappa shape index (κ2) is 8.30. The second-order valence-corrected chi connectivity index (χ2v) is 7.75. The number of rotatable bonds is 6. The molecule has 1 aromatic rings. The Morgan fingerprint density at radius 2 is 1.96 bits per heavy atom. The summed E-state index contributed by atoms with van der Waals surface area (Å²) in [6.45, 7) is 4.67. The van der Waals surface area contributed by atoms with Crippen LogP contribution in [0.4, 0.5) is 0 Å². The van der Waals surface area contributed by atoms with Crippen LogP contribution in [0.15, 0.2) is 30.3 Å². The van der Waals surface area contributed by atoms with E-state index in [2.05, 4.69) is 46.4 Å². The van der Waals surface area contributed by atoms with Gasteiger partial charge in [-0.25, -0.2) is 0 Å². The van der Waals surface area contributed by atoms with Gasteiger partial charge in [-0.3, -0.25) is 9.69 Å². The standard InChI is InChI=1S/C20H31N3O2/c1-22-11-7-18(8-12-22)21-19(25)20(10-14-24)9-13-23(16-20)15-17-5-3-2-4-6-17/h2-6,18,24H,7-16H2,1H3,(H,21,25). The van der Waals surface area contributed by atoms with Crippen molar-refractivity contribution in [3.8, 4) is 0 Å². The van der Waals surface area contributed by atoms with Gasteiger partial charge >= 0.3 is 0 Å².